The second-order valence-corrected chi connectivity index (χ2v) is 9.37. The average molecular weight is 484 g/mol. The Kier molecular flexibility index (Phi) is 9.17. The van der Waals surface area contributed by atoms with E-state index in [1.165, 1.54) is 5.56 Å². The number of carbonyl (C=O) groups excluding carboxylic acids is 2. The Morgan fingerprint density at radius 3 is 2.14 bits per heavy atom. The zero-order valence-electron chi connectivity index (χ0n) is 21.2. The van der Waals surface area contributed by atoms with Crippen LogP contribution >= 0.6 is 0 Å². The second-order valence-electron chi connectivity index (χ2n) is 9.37. The van der Waals surface area contributed by atoms with E-state index in [-0.39, 0.29) is 17.0 Å². The van der Waals surface area contributed by atoms with Gasteiger partial charge in [0.05, 0.1) is 12.8 Å². The maximum atomic E-state index is 13.0. The molecule has 0 aliphatic carbocycles. The second kappa shape index (κ2) is 12.5. The molecule has 0 atom stereocenters. The molecule has 0 saturated carbocycles. The maximum Gasteiger partial charge on any atom is 0.287 e. The Bertz CT molecular complexity index is 1210. The summed E-state index contributed by atoms with van der Waals surface area (Å²) in [7, 11) is 0. The van der Waals surface area contributed by atoms with Gasteiger partial charge in [-0.3, -0.25) is 9.59 Å². The Morgan fingerprint density at radius 2 is 1.53 bits per heavy atom. The summed E-state index contributed by atoms with van der Waals surface area (Å²) in [6, 6.07) is 24.0. The van der Waals surface area contributed by atoms with Crippen LogP contribution in [0.25, 0.3) is 6.08 Å². The molecule has 0 aliphatic heterocycles. The fraction of sp³-hybridized carbons (Fsp3) is 0.233. The number of hydrazone groups is 1. The van der Waals surface area contributed by atoms with Crippen molar-refractivity contribution in [1.29, 1.82) is 0 Å². The van der Waals surface area contributed by atoms with Crippen molar-refractivity contribution in [2.45, 2.75) is 39.5 Å². The van der Waals surface area contributed by atoms with Gasteiger partial charge in [0.15, 0.2) is 0 Å². The Labute approximate surface area is 213 Å². The maximum absolute atomic E-state index is 13.0. The van der Waals surface area contributed by atoms with Crippen LogP contribution in [-0.2, 0) is 10.2 Å². The number of amides is 2. The van der Waals surface area contributed by atoms with Gasteiger partial charge in [-0.15, -0.1) is 0 Å². The molecular weight excluding hydrogens is 450 g/mol. The number of benzene rings is 3. The van der Waals surface area contributed by atoms with E-state index >= 15 is 0 Å². The van der Waals surface area contributed by atoms with E-state index in [0.717, 1.165) is 23.3 Å². The van der Waals surface area contributed by atoms with E-state index in [9.17, 15) is 9.59 Å². The van der Waals surface area contributed by atoms with E-state index < -0.39 is 5.91 Å². The predicted octanol–water partition coefficient (Wildman–Crippen LogP) is 5.69. The molecule has 36 heavy (non-hydrogen) atoms. The summed E-state index contributed by atoms with van der Waals surface area (Å²) in [5.41, 5.74) is 5.89. The first kappa shape index (κ1) is 26.4. The number of nitrogens with zero attached hydrogens (tertiary/aromatic N) is 1. The molecule has 0 radical (unpaired) electrons. The van der Waals surface area contributed by atoms with Crippen molar-refractivity contribution in [1.82, 2.24) is 10.7 Å². The van der Waals surface area contributed by atoms with E-state index in [4.69, 9.17) is 4.74 Å². The monoisotopic (exact) mass is 483 g/mol. The van der Waals surface area contributed by atoms with Gasteiger partial charge in [-0.2, -0.15) is 5.10 Å². The normalized spacial score (nSPS) is 11.8. The minimum absolute atomic E-state index is 0.0564. The largest absolute Gasteiger partial charge is 0.494 e. The molecule has 0 unspecified atom stereocenters. The lowest BCUT2D eigenvalue weighted by atomic mass is 9.87. The van der Waals surface area contributed by atoms with Crippen LogP contribution in [0, 0.1) is 0 Å². The fourth-order valence-corrected chi connectivity index (χ4v) is 3.28. The van der Waals surface area contributed by atoms with Crippen LogP contribution in [0.5, 0.6) is 5.75 Å². The van der Waals surface area contributed by atoms with E-state index in [1.54, 1.807) is 36.6 Å². The predicted molar refractivity (Wildman–Crippen MR) is 145 cm³/mol. The van der Waals surface area contributed by atoms with E-state index in [1.807, 2.05) is 61.5 Å². The molecular formula is C30H33N3O3. The van der Waals surface area contributed by atoms with Crippen LogP contribution in [0.2, 0.25) is 0 Å². The Morgan fingerprint density at radius 1 is 0.889 bits per heavy atom. The fourth-order valence-electron chi connectivity index (χ4n) is 3.28. The Hall–Kier alpha value is -4.19. The van der Waals surface area contributed by atoms with Crippen molar-refractivity contribution in [2.75, 3.05) is 6.61 Å². The first-order valence-electron chi connectivity index (χ1n) is 12.0. The molecule has 0 heterocycles. The number of hydrogen-bond donors (Lipinski definition) is 2. The van der Waals surface area contributed by atoms with Crippen molar-refractivity contribution in [3.05, 3.63) is 107 Å². The zero-order valence-corrected chi connectivity index (χ0v) is 21.2. The highest BCUT2D eigenvalue weighted by atomic mass is 16.5. The third kappa shape index (κ3) is 7.94. The summed E-state index contributed by atoms with van der Waals surface area (Å²) in [6.45, 7) is 9.13. The first-order chi connectivity index (χ1) is 17.3. The van der Waals surface area contributed by atoms with Crippen molar-refractivity contribution in [3.8, 4) is 5.75 Å². The van der Waals surface area contributed by atoms with Gasteiger partial charge in [0.1, 0.15) is 11.4 Å². The van der Waals surface area contributed by atoms with Gasteiger partial charge in [0.2, 0.25) is 0 Å². The molecule has 6 heteroatoms. The van der Waals surface area contributed by atoms with Crippen molar-refractivity contribution in [2.24, 2.45) is 5.10 Å². The van der Waals surface area contributed by atoms with Gasteiger partial charge in [0, 0.05) is 5.56 Å². The number of hydrogen-bond acceptors (Lipinski definition) is 4. The lowest BCUT2D eigenvalue weighted by molar-refractivity contribution is -0.117. The van der Waals surface area contributed by atoms with Crippen LogP contribution in [0.1, 0.15) is 61.2 Å². The third-order valence-electron chi connectivity index (χ3n) is 5.35. The van der Waals surface area contributed by atoms with Gasteiger partial charge in [0.25, 0.3) is 11.8 Å². The summed E-state index contributed by atoms with van der Waals surface area (Å²) in [5, 5.41) is 6.80. The highest BCUT2D eigenvalue weighted by molar-refractivity contribution is 6.05. The standard InChI is InChI=1S/C30H33N3O3/c1-5-19-36-26-17-13-22(14-18-26)20-27(32-28(34)24-9-7-6-8-10-24)29(35)33-31-21-23-11-15-25(16-12-23)30(2,3)4/h6-18,20-21H,5,19H2,1-4H3,(H,32,34)(H,33,35)/b27-20+,31-21?. The molecule has 0 bridgehead atoms. The molecule has 0 saturated heterocycles. The van der Waals surface area contributed by atoms with Crippen LogP contribution in [0.3, 0.4) is 0 Å². The van der Waals surface area contributed by atoms with Gasteiger partial charge < -0.3 is 10.1 Å². The molecule has 3 aromatic rings. The molecule has 2 N–H and O–H groups in total. The molecule has 3 rings (SSSR count). The van der Waals surface area contributed by atoms with Gasteiger partial charge in [-0.05, 0) is 58.9 Å². The topological polar surface area (TPSA) is 79.8 Å². The number of rotatable bonds is 9. The summed E-state index contributed by atoms with van der Waals surface area (Å²) in [4.78, 5) is 25.7. The highest BCUT2D eigenvalue weighted by Crippen LogP contribution is 2.21. The average Bonchev–Trinajstić information content (AvgIpc) is 2.88. The number of nitrogens with one attached hydrogen (secondary N) is 2. The summed E-state index contributed by atoms with van der Waals surface area (Å²) < 4.78 is 5.62. The van der Waals surface area contributed by atoms with Crippen molar-refractivity contribution < 1.29 is 14.3 Å². The molecule has 3 aromatic carbocycles. The third-order valence-corrected chi connectivity index (χ3v) is 5.35. The molecule has 6 nitrogen and oxygen atoms in total. The van der Waals surface area contributed by atoms with Crippen molar-refractivity contribution >= 4 is 24.1 Å². The first-order valence-corrected chi connectivity index (χ1v) is 12.0. The van der Waals surface area contributed by atoms with Crippen LogP contribution in [-0.4, -0.2) is 24.6 Å². The highest BCUT2D eigenvalue weighted by Gasteiger charge is 2.15. The van der Waals surface area contributed by atoms with E-state index in [2.05, 4.69) is 36.6 Å². The van der Waals surface area contributed by atoms with Gasteiger partial charge in [-0.1, -0.05) is 82.3 Å². The van der Waals surface area contributed by atoms with Gasteiger partial charge >= 0.3 is 0 Å². The molecule has 186 valence electrons. The smallest absolute Gasteiger partial charge is 0.287 e. The number of ether oxygens (including phenoxy) is 1. The summed E-state index contributed by atoms with van der Waals surface area (Å²) in [6.07, 6.45) is 4.09. The van der Waals surface area contributed by atoms with Crippen LogP contribution in [0.4, 0.5) is 0 Å². The van der Waals surface area contributed by atoms with Gasteiger partial charge in [-0.25, -0.2) is 5.43 Å². The number of carbonyl (C=O) groups is 2. The summed E-state index contributed by atoms with van der Waals surface area (Å²) >= 11 is 0. The molecule has 0 spiro atoms. The lowest BCUT2D eigenvalue weighted by Gasteiger charge is -2.18. The minimum atomic E-state index is -0.534. The van der Waals surface area contributed by atoms with Crippen LogP contribution in [0.15, 0.2) is 89.7 Å². The molecule has 0 aromatic heterocycles. The summed E-state index contributed by atoms with van der Waals surface area (Å²) in [5.74, 6) is -0.176. The minimum Gasteiger partial charge on any atom is -0.494 e. The Balaban J connectivity index is 1.76. The van der Waals surface area contributed by atoms with E-state index in [0.29, 0.717) is 12.2 Å². The SMILES string of the molecule is CCCOc1ccc(/C=C(/NC(=O)c2ccccc2)C(=O)NN=Cc2ccc(C(C)(C)C)cc2)cc1. The lowest BCUT2D eigenvalue weighted by Crippen LogP contribution is -2.32. The molecule has 0 aliphatic rings. The molecule has 0 fully saturated rings. The van der Waals surface area contributed by atoms with Crippen LogP contribution < -0.4 is 15.5 Å². The molecule has 2 amide bonds. The van der Waals surface area contributed by atoms with Crippen molar-refractivity contribution in [3.63, 3.8) is 0 Å². The zero-order chi connectivity index (χ0) is 26.0. The quantitative estimate of drug-likeness (QED) is 0.233.